The molecule has 5 aromatic rings. The maximum absolute atomic E-state index is 11.2. The van der Waals surface area contributed by atoms with E-state index in [0.717, 1.165) is 50.1 Å². The van der Waals surface area contributed by atoms with Crippen molar-refractivity contribution in [2.45, 2.75) is 33.7 Å². The molecule has 3 heterocycles. The van der Waals surface area contributed by atoms with Gasteiger partial charge in [0.2, 0.25) is 0 Å². The lowest BCUT2D eigenvalue weighted by Gasteiger charge is -2.09. The van der Waals surface area contributed by atoms with Crippen LogP contribution in [-0.4, -0.2) is 25.7 Å². The highest BCUT2D eigenvalue weighted by Gasteiger charge is 2.19. The first-order chi connectivity index (χ1) is 16.4. The van der Waals surface area contributed by atoms with E-state index in [2.05, 4.69) is 51.8 Å². The van der Waals surface area contributed by atoms with Crippen molar-refractivity contribution in [1.29, 1.82) is 0 Å². The molecule has 0 saturated heterocycles. The minimum absolute atomic E-state index is 0.462. The van der Waals surface area contributed by atoms with Crippen molar-refractivity contribution >= 4 is 49.8 Å². The van der Waals surface area contributed by atoms with Crippen LogP contribution in [0.3, 0.4) is 0 Å². The molecule has 0 bridgehead atoms. The number of para-hydroxylation sites is 1. The number of aryl methyl sites for hydroxylation is 3. The maximum Gasteiger partial charge on any atom is 0.409 e. The molecule has 0 fully saturated rings. The smallest absolute Gasteiger partial charge is 0.409 e. The van der Waals surface area contributed by atoms with E-state index in [-0.39, 0.29) is 0 Å². The zero-order valence-electron chi connectivity index (χ0n) is 19.0. The molecule has 3 aromatic heterocycles. The monoisotopic (exact) mass is 518 g/mol. The number of hydrogen-bond acceptors (Lipinski definition) is 4. The number of benzene rings is 2. The predicted octanol–water partition coefficient (Wildman–Crippen LogP) is 6.92. The molecule has 2 aromatic carbocycles. The molecule has 0 aliphatic heterocycles. The molecule has 0 atom stereocenters. The van der Waals surface area contributed by atoms with Gasteiger partial charge in [-0.1, -0.05) is 25.1 Å². The third-order valence-electron chi connectivity index (χ3n) is 5.86. The minimum Gasteiger partial charge on any atom is -0.465 e. The Morgan fingerprint density at radius 3 is 2.71 bits per heavy atom. The third kappa shape index (κ3) is 3.84. The van der Waals surface area contributed by atoms with Gasteiger partial charge in [-0.2, -0.15) is 0 Å². The van der Waals surface area contributed by atoms with E-state index in [1.807, 2.05) is 31.2 Å². The summed E-state index contributed by atoms with van der Waals surface area (Å²) >= 11 is 3.69. The van der Waals surface area contributed by atoms with E-state index in [0.29, 0.717) is 29.1 Å². The van der Waals surface area contributed by atoms with Crippen molar-refractivity contribution in [2.75, 3.05) is 5.32 Å². The average Bonchev–Trinajstić information content (AvgIpc) is 3.31. The van der Waals surface area contributed by atoms with Crippen LogP contribution >= 0.6 is 15.9 Å². The SMILES string of the molecule is CCc1nc2c(C)cc(C)nc2n1Cc1ccc2oc(-c3ccccc3NC(=O)O)c(Br)c2c1. The fourth-order valence-electron chi connectivity index (χ4n) is 4.36. The number of furan rings is 1. The number of imidazole rings is 1. The van der Waals surface area contributed by atoms with Crippen molar-refractivity contribution in [3.63, 3.8) is 0 Å². The molecule has 0 aliphatic carbocycles. The number of carboxylic acid groups (broad SMARTS) is 1. The summed E-state index contributed by atoms with van der Waals surface area (Å²) in [5.41, 5.74) is 6.87. The standard InChI is InChI=1S/C26H23BrN4O3/c1-4-21-30-23-14(2)11-15(3)28-25(23)31(21)13-16-9-10-20-18(12-16)22(27)24(34-20)17-7-5-6-8-19(17)29-26(32)33/h5-12,29H,4,13H2,1-3H3,(H,32,33). The van der Waals surface area contributed by atoms with Gasteiger partial charge in [-0.05, 0) is 71.2 Å². The summed E-state index contributed by atoms with van der Waals surface area (Å²) in [7, 11) is 0. The molecule has 0 aliphatic rings. The van der Waals surface area contributed by atoms with Crippen LogP contribution in [-0.2, 0) is 13.0 Å². The Balaban J connectivity index is 1.59. The highest BCUT2D eigenvalue weighted by molar-refractivity contribution is 9.10. The summed E-state index contributed by atoms with van der Waals surface area (Å²) < 4.78 is 9.09. The molecule has 8 heteroatoms. The number of carbonyl (C=O) groups is 1. The first-order valence-corrected chi connectivity index (χ1v) is 11.8. The van der Waals surface area contributed by atoms with Crippen molar-refractivity contribution < 1.29 is 14.3 Å². The number of fused-ring (bicyclic) bond motifs is 2. The largest absolute Gasteiger partial charge is 0.465 e. The Hall–Kier alpha value is -3.65. The lowest BCUT2D eigenvalue weighted by molar-refractivity contribution is 0.210. The normalized spacial score (nSPS) is 11.4. The van der Waals surface area contributed by atoms with Crippen molar-refractivity contribution in [3.8, 4) is 11.3 Å². The van der Waals surface area contributed by atoms with Gasteiger partial charge in [-0.15, -0.1) is 0 Å². The average molecular weight is 519 g/mol. The van der Waals surface area contributed by atoms with Crippen LogP contribution in [0.2, 0.25) is 0 Å². The predicted molar refractivity (Wildman–Crippen MR) is 136 cm³/mol. The zero-order valence-corrected chi connectivity index (χ0v) is 20.6. The van der Waals surface area contributed by atoms with E-state index in [4.69, 9.17) is 14.4 Å². The minimum atomic E-state index is -1.12. The van der Waals surface area contributed by atoms with E-state index in [1.54, 1.807) is 12.1 Å². The van der Waals surface area contributed by atoms with Crippen LogP contribution in [0, 0.1) is 13.8 Å². The van der Waals surface area contributed by atoms with Gasteiger partial charge in [-0.25, -0.2) is 14.8 Å². The fraction of sp³-hybridized carbons (Fsp3) is 0.192. The summed E-state index contributed by atoms with van der Waals surface area (Å²) in [5, 5.41) is 12.6. The molecule has 0 saturated carbocycles. The van der Waals surface area contributed by atoms with Crippen molar-refractivity contribution in [3.05, 3.63) is 75.6 Å². The summed E-state index contributed by atoms with van der Waals surface area (Å²) in [5.74, 6) is 1.57. The summed E-state index contributed by atoms with van der Waals surface area (Å²) in [6, 6.07) is 15.3. The van der Waals surface area contributed by atoms with Gasteiger partial charge in [0.1, 0.15) is 16.9 Å². The number of hydrogen-bond donors (Lipinski definition) is 2. The zero-order chi connectivity index (χ0) is 24.0. The number of pyridine rings is 1. The van der Waals surface area contributed by atoms with Crippen LogP contribution in [0.5, 0.6) is 0 Å². The van der Waals surface area contributed by atoms with E-state index in [1.165, 1.54) is 0 Å². The highest BCUT2D eigenvalue weighted by atomic mass is 79.9. The van der Waals surface area contributed by atoms with E-state index in [9.17, 15) is 9.90 Å². The number of nitrogens with zero attached hydrogens (tertiary/aromatic N) is 3. The number of nitrogens with one attached hydrogen (secondary N) is 1. The molecule has 172 valence electrons. The number of rotatable bonds is 5. The Bertz CT molecular complexity index is 1570. The van der Waals surface area contributed by atoms with Crippen LogP contribution in [0.1, 0.15) is 29.6 Å². The van der Waals surface area contributed by atoms with Crippen LogP contribution < -0.4 is 5.32 Å². The van der Waals surface area contributed by atoms with Crippen LogP contribution in [0.4, 0.5) is 10.5 Å². The van der Waals surface area contributed by atoms with Crippen molar-refractivity contribution in [2.24, 2.45) is 0 Å². The van der Waals surface area contributed by atoms with E-state index >= 15 is 0 Å². The molecule has 0 spiro atoms. The summed E-state index contributed by atoms with van der Waals surface area (Å²) in [6.07, 6.45) is -0.315. The Morgan fingerprint density at radius 1 is 1.15 bits per heavy atom. The van der Waals surface area contributed by atoms with Gasteiger partial charge in [0, 0.05) is 23.1 Å². The fourth-order valence-corrected chi connectivity index (χ4v) is 4.96. The lowest BCUT2D eigenvalue weighted by atomic mass is 10.1. The highest BCUT2D eigenvalue weighted by Crippen LogP contribution is 2.41. The molecule has 0 unspecified atom stereocenters. The topological polar surface area (TPSA) is 93.2 Å². The second-order valence-electron chi connectivity index (χ2n) is 8.27. The molecule has 34 heavy (non-hydrogen) atoms. The van der Waals surface area contributed by atoms with Gasteiger partial charge in [-0.3, -0.25) is 5.32 Å². The maximum atomic E-state index is 11.2. The summed E-state index contributed by atoms with van der Waals surface area (Å²) in [4.78, 5) is 20.8. The molecule has 0 radical (unpaired) electrons. The molecule has 5 rings (SSSR count). The number of aromatic nitrogens is 3. The second kappa shape index (κ2) is 8.61. The van der Waals surface area contributed by atoms with Crippen LogP contribution in [0.25, 0.3) is 33.5 Å². The summed E-state index contributed by atoms with van der Waals surface area (Å²) in [6.45, 7) is 6.81. The van der Waals surface area contributed by atoms with Gasteiger partial charge in [0.05, 0.1) is 16.7 Å². The second-order valence-corrected chi connectivity index (χ2v) is 9.06. The Morgan fingerprint density at radius 2 is 1.94 bits per heavy atom. The molecule has 1 amide bonds. The van der Waals surface area contributed by atoms with E-state index < -0.39 is 6.09 Å². The Kier molecular flexibility index (Phi) is 5.61. The first-order valence-electron chi connectivity index (χ1n) is 11.0. The first kappa shape index (κ1) is 22.2. The number of anilines is 1. The lowest BCUT2D eigenvalue weighted by Crippen LogP contribution is -2.08. The Labute approximate surface area is 204 Å². The molecule has 7 nitrogen and oxygen atoms in total. The number of halogens is 1. The van der Waals surface area contributed by atoms with Gasteiger partial charge < -0.3 is 14.1 Å². The van der Waals surface area contributed by atoms with Crippen LogP contribution in [0.15, 0.2) is 57.4 Å². The number of amides is 1. The van der Waals surface area contributed by atoms with Gasteiger partial charge in [0.25, 0.3) is 0 Å². The molecular weight excluding hydrogens is 496 g/mol. The third-order valence-corrected chi connectivity index (χ3v) is 6.65. The quantitative estimate of drug-likeness (QED) is 0.263. The molecular formula is C26H23BrN4O3. The van der Waals surface area contributed by atoms with Gasteiger partial charge in [0.15, 0.2) is 11.4 Å². The van der Waals surface area contributed by atoms with Gasteiger partial charge >= 0.3 is 6.09 Å². The molecule has 2 N–H and O–H groups in total. The van der Waals surface area contributed by atoms with Crippen molar-refractivity contribution in [1.82, 2.24) is 14.5 Å².